The third-order valence-electron chi connectivity index (χ3n) is 1.96. The SMILES string of the molecule is CCCCCOCC(C)OCC(C)C. The van der Waals surface area contributed by atoms with Crippen LogP contribution in [0.4, 0.5) is 0 Å². The van der Waals surface area contributed by atoms with E-state index in [1.165, 1.54) is 19.3 Å². The van der Waals surface area contributed by atoms with E-state index in [0.717, 1.165) is 19.8 Å². The summed E-state index contributed by atoms with van der Waals surface area (Å²) in [6, 6.07) is 0. The summed E-state index contributed by atoms with van der Waals surface area (Å²) in [6.07, 6.45) is 3.93. The molecule has 2 heteroatoms. The van der Waals surface area contributed by atoms with Crippen LogP contribution in [0.3, 0.4) is 0 Å². The highest BCUT2D eigenvalue weighted by atomic mass is 16.5. The molecule has 0 fully saturated rings. The lowest BCUT2D eigenvalue weighted by Gasteiger charge is -2.14. The first-order valence-corrected chi connectivity index (χ1v) is 5.86. The van der Waals surface area contributed by atoms with Gasteiger partial charge in [0.2, 0.25) is 0 Å². The molecule has 0 aliphatic carbocycles. The zero-order chi connectivity index (χ0) is 10.8. The second kappa shape index (κ2) is 9.47. The van der Waals surface area contributed by atoms with Gasteiger partial charge in [-0.25, -0.2) is 0 Å². The van der Waals surface area contributed by atoms with Crippen molar-refractivity contribution in [3.63, 3.8) is 0 Å². The first-order valence-electron chi connectivity index (χ1n) is 5.86. The van der Waals surface area contributed by atoms with E-state index in [0.29, 0.717) is 5.92 Å². The summed E-state index contributed by atoms with van der Waals surface area (Å²) in [5, 5.41) is 0. The minimum Gasteiger partial charge on any atom is -0.379 e. The fourth-order valence-corrected chi connectivity index (χ4v) is 1.11. The molecule has 0 N–H and O–H groups in total. The summed E-state index contributed by atoms with van der Waals surface area (Å²) in [7, 11) is 0. The van der Waals surface area contributed by atoms with Crippen LogP contribution in [0.15, 0.2) is 0 Å². The second-order valence-electron chi connectivity index (χ2n) is 4.32. The Morgan fingerprint density at radius 1 is 1.00 bits per heavy atom. The van der Waals surface area contributed by atoms with E-state index >= 15 is 0 Å². The van der Waals surface area contributed by atoms with Gasteiger partial charge in [-0.05, 0) is 19.3 Å². The minimum atomic E-state index is 0.235. The monoisotopic (exact) mass is 202 g/mol. The van der Waals surface area contributed by atoms with Crippen LogP contribution in [0.2, 0.25) is 0 Å². The number of rotatable bonds is 9. The summed E-state index contributed by atoms with van der Waals surface area (Å²) < 4.78 is 11.1. The van der Waals surface area contributed by atoms with Crippen molar-refractivity contribution in [2.75, 3.05) is 19.8 Å². The van der Waals surface area contributed by atoms with Crippen molar-refractivity contribution in [2.45, 2.75) is 53.1 Å². The van der Waals surface area contributed by atoms with Crippen molar-refractivity contribution in [1.82, 2.24) is 0 Å². The minimum absolute atomic E-state index is 0.235. The van der Waals surface area contributed by atoms with E-state index < -0.39 is 0 Å². The normalized spacial score (nSPS) is 13.5. The largest absolute Gasteiger partial charge is 0.379 e. The van der Waals surface area contributed by atoms with E-state index in [2.05, 4.69) is 27.7 Å². The molecule has 0 heterocycles. The molecule has 0 aliphatic rings. The fraction of sp³-hybridized carbons (Fsp3) is 1.00. The molecule has 0 saturated carbocycles. The van der Waals surface area contributed by atoms with Gasteiger partial charge >= 0.3 is 0 Å². The number of ether oxygens (including phenoxy) is 2. The van der Waals surface area contributed by atoms with Gasteiger partial charge in [-0.2, -0.15) is 0 Å². The zero-order valence-electron chi connectivity index (χ0n) is 10.2. The van der Waals surface area contributed by atoms with E-state index in [-0.39, 0.29) is 6.10 Å². The quantitative estimate of drug-likeness (QED) is 0.534. The Hall–Kier alpha value is -0.0800. The highest BCUT2D eigenvalue weighted by molar-refractivity contribution is 4.49. The van der Waals surface area contributed by atoms with Crippen LogP contribution in [-0.4, -0.2) is 25.9 Å². The first kappa shape index (κ1) is 13.9. The maximum absolute atomic E-state index is 5.58. The van der Waals surface area contributed by atoms with E-state index in [4.69, 9.17) is 9.47 Å². The molecule has 0 aliphatic heterocycles. The Bertz CT molecular complexity index is 113. The second-order valence-corrected chi connectivity index (χ2v) is 4.32. The Morgan fingerprint density at radius 2 is 1.71 bits per heavy atom. The smallest absolute Gasteiger partial charge is 0.0780 e. The lowest BCUT2D eigenvalue weighted by Crippen LogP contribution is -2.18. The predicted molar refractivity (Wildman–Crippen MR) is 60.6 cm³/mol. The van der Waals surface area contributed by atoms with E-state index in [9.17, 15) is 0 Å². The van der Waals surface area contributed by atoms with Crippen LogP contribution in [-0.2, 0) is 9.47 Å². The van der Waals surface area contributed by atoms with Crippen molar-refractivity contribution in [3.8, 4) is 0 Å². The molecule has 0 spiro atoms. The van der Waals surface area contributed by atoms with Crippen LogP contribution >= 0.6 is 0 Å². The van der Waals surface area contributed by atoms with Gasteiger partial charge < -0.3 is 9.47 Å². The van der Waals surface area contributed by atoms with Gasteiger partial charge in [0, 0.05) is 13.2 Å². The van der Waals surface area contributed by atoms with Gasteiger partial charge in [-0.3, -0.25) is 0 Å². The van der Waals surface area contributed by atoms with Crippen LogP contribution in [0.1, 0.15) is 47.0 Å². The maximum Gasteiger partial charge on any atom is 0.0780 e. The average Bonchev–Trinajstić information content (AvgIpc) is 2.14. The third kappa shape index (κ3) is 10.0. The standard InChI is InChI=1S/C12H26O2/c1-5-6-7-8-13-10-12(4)14-9-11(2)3/h11-12H,5-10H2,1-4H3. The van der Waals surface area contributed by atoms with Crippen LogP contribution in [0.5, 0.6) is 0 Å². The van der Waals surface area contributed by atoms with E-state index in [1.54, 1.807) is 0 Å². The van der Waals surface area contributed by atoms with Crippen molar-refractivity contribution < 1.29 is 9.47 Å². The van der Waals surface area contributed by atoms with Gasteiger partial charge in [0.05, 0.1) is 12.7 Å². The van der Waals surface area contributed by atoms with Gasteiger partial charge in [-0.15, -0.1) is 0 Å². The fourth-order valence-electron chi connectivity index (χ4n) is 1.11. The summed E-state index contributed by atoms with van der Waals surface area (Å²) >= 11 is 0. The molecule has 0 saturated heterocycles. The molecule has 0 aromatic carbocycles. The lowest BCUT2D eigenvalue weighted by atomic mass is 10.2. The summed E-state index contributed by atoms with van der Waals surface area (Å²) in [6.45, 7) is 11.0. The maximum atomic E-state index is 5.58. The van der Waals surface area contributed by atoms with Crippen LogP contribution < -0.4 is 0 Å². The topological polar surface area (TPSA) is 18.5 Å². The van der Waals surface area contributed by atoms with Gasteiger partial charge in [-0.1, -0.05) is 33.6 Å². The van der Waals surface area contributed by atoms with Gasteiger partial charge in [0.1, 0.15) is 0 Å². The van der Waals surface area contributed by atoms with Crippen molar-refractivity contribution >= 4 is 0 Å². The van der Waals surface area contributed by atoms with Gasteiger partial charge in [0.25, 0.3) is 0 Å². The average molecular weight is 202 g/mol. The van der Waals surface area contributed by atoms with Gasteiger partial charge in [0.15, 0.2) is 0 Å². The third-order valence-corrected chi connectivity index (χ3v) is 1.96. The number of hydrogen-bond donors (Lipinski definition) is 0. The van der Waals surface area contributed by atoms with Crippen molar-refractivity contribution in [3.05, 3.63) is 0 Å². The van der Waals surface area contributed by atoms with Crippen molar-refractivity contribution in [1.29, 1.82) is 0 Å². The van der Waals surface area contributed by atoms with Crippen molar-refractivity contribution in [2.24, 2.45) is 5.92 Å². The zero-order valence-corrected chi connectivity index (χ0v) is 10.2. The molecule has 0 aromatic heterocycles. The Morgan fingerprint density at radius 3 is 2.29 bits per heavy atom. The summed E-state index contributed by atoms with van der Waals surface area (Å²) in [4.78, 5) is 0. The predicted octanol–water partition coefficient (Wildman–Crippen LogP) is 3.25. The molecule has 0 aromatic rings. The molecule has 0 bridgehead atoms. The molecule has 14 heavy (non-hydrogen) atoms. The summed E-state index contributed by atoms with van der Waals surface area (Å²) in [5.74, 6) is 0.609. The number of unbranched alkanes of at least 4 members (excludes halogenated alkanes) is 2. The molecule has 0 amide bonds. The molecular weight excluding hydrogens is 176 g/mol. The Balaban J connectivity index is 3.14. The molecule has 0 rings (SSSR count). The molecule has 0 radical (unpaired) electrons. The van der Waals surface area contributed by atoms with E-state index in [1.807, 2.05) is 0 Å². The Kier molecular flexibility index (Phi) is 9.42. The number of hydrogen-bond acceptors (Lipinski definition) is 2. The summed E-state index contributed by atoms with van der Waals surface area (Å²) in [5.41, 5.74) is 0. The Labute approximate surface area is 89.0 Å². The van der Waals surface area contributed by atoms with Crippen LogP contribution in [0, 0.1) is 5.92 Å². The highest BCUT2D eigenvalue weighted by Gasteiger charge is 2.03. The molecular formula is C12H26O2. The highest BCUT2D eigenvalue weighted by Crippen LogP contribution is 2.00. The van der Waals surface area contributed by atoms with Crippen LogP contribution in [0.25, 0.3) is 0 Å². The lowest BCUT2D eigenvalue weighted by molar-refractivity contribution is -0.0166. The first-order chi connectivity index (χ1) is 6.66. The molecule has 1 atom stereocenters. The molecule has 1 unspecified atom stereocenters. The molecule has 2 nitrogen and oxygen atoms in total. The molecule has 86 valence electrons.